The molecule has 0 heterocycles. The minimum Gasteiger partial charge on any atom is -0.0599 e. The van der Waals surface area contributed by atoms with Crippen molar-refractivity contribution in [2.24, 2.45) is 10.8 Å². The van der Waals surface area contributed by atoms with Crippen LogP contribution in [0.4, 0.5) is 0 Å². The van der Waals surface area contributed by atoms with E-state index in [1.165, 1.54) is 0 Å². The van der Waals surface area contributed by atoms with E-state index in [9.17, 15) is 0 Å². The van der Waals surface area contributed by atoms with Crippen LogP contribution in [0.3, 0.4) is 0 Å². The molecule has 0 aliphatic carbocycles. The topological polar surface area (TPSA) is 0 Å². The van der Waals surface area contributed by atoms with Gasteiger partial charge >= 0.3 is 0 Å². The van der Waals surface area contributed by atoms with Crippen LogP contribution in [-0.2, 0) is 0 Å². The lowest BCUT2D eigenvalue weighted by Crippen LogP contribution is -2.12. The van der Waals surface area contributed by atoms with Gasteiger partial charge in [0.05, 0.1) is 0 Å². The van der Waals surface area contributed by atoms with Crippen LogP contribution in [0.1, 0.15) is 40.5 Å². The molecular formula is C10H20. The van der Waals surface area contributed by atoms with Gasteiger partial charge < -0.3 is 0 Å². The summed E-state index contributed by atoms with van der Waals surface area (Å²) in [6.45, 7) is 16.8. The molecule has 0 aromatic heterocycles. The van der Waals surface area contributed by atoms with E-state index in [-0.39, 0.29) is 10.8 Å². The van der Waals surface area contributed by atoms with E-state index in [1.54, 1.807) is 0 Å². The van der Waals surface area contributed by atoms with Gasteiger partial charge in [-0.3, -0.25) is 0 Å². The highest BCUT2D eigenvalue weighted by Crippen LogP contribution is 2.28. The van der Waals surface area contributed by atoms with Crippen molar-refractivity contribution in [1.82, 2.24) is 0 Å². The summed E-state index contributed by atoms with van der Waals surface area (Å²) in [7, 11) is 0. The van der Waals surface area contributed by atoms with E-state index in [2.05, 4.69) is 41.5 Å². The molecule has 0 aromatic carbocycles. The Bertz CT molecular complexity index is 73.6. The molecule has 0 unspecified atom stereocenters. The lowest BCUT2D eigenvalue weighted by Gasteiger charge is -2.24. The summed E-state index contributed by atoms with van der Waals surface area (Å²) in [5, 5.41) is 0. The molecule has 0 saturated carbocycles. The van der Waals surface area contributed by atoms with Gasteiger partial charge in [0, 0.05) is 0 Å². The standard InChI is InChI=1S/C10H20/c1-9(2,3)7-8-10(4,5)6/h1,4,7-8H2,2-3,5-6H3. The summed E-state index contributed by atoms with van der Waals surface area (Å²) >= 11 is 0. The Balaban J connectivity index is 3.56. The lowest BCUT2D eigenvalue weighted by atomic mass is 9.81. The fourth-order valence-electron chi connectivity index (χ4n) is 0.677. The monoisotopic (exact) mass is 140 g/mol. The van der Waals surface area contributed by atoms with Crippen LogP contribution in [0.2, 0.25) is 0 Å². The highest BCUT2D eigenvalue weighted by molar-refractivity contribution is 4.77. The fourth-order valence-corrected chi connectivity index (χ4v) is 0.677. The third-order valence-corrected chi connectivity index (χ3v) is 1.48. The van der Waals surface area contributed by atoms with E-state index in [4.69, 9.17) is 0 Å². The summed E-state index contributed by atoms with van der Waals surface area (Å²) in [6.07, 6.45) is 2.31. The second kappa shape index (κ2) is 2.94. The van der Waals surface area contributed by atoms with Gasteiger partial charge in [-0.2, -0.15) is 0 Å². The summed E-state index contributed by atoms with van der Waals surface area (Å²) in [4.78, 5) is 0. The zero-order valence-corrected chi connectivity index (χ0v) is 7.83. The second-order valence-electron chi connectivity index (χ2n) is 4.83. The van der Waals surface area contributed by atoms with Crippen molar-refractivity contribution in [1.29, 1.82) is 0 Å². The predicted octanol–water partition coefficient (Wildman–Crippen LogP) is 3.49. The highest BCUT2D eigenvalue weighted by atomic mass is 14.2. The normalized spacial score (nSPS) is 13.8. The summed E-state index contributed by atoms with van der Waals surface area (Å²) in [6, 6.07) is 0. The third kappa shape index (κ3) is 8.00. The van der Waals surface area contributed by atoms with Crippen LogP contribution in [0.25, 0.3) is 0 Å². The van der Waals surface area contributed by atoms with Crippen LogP contribution in [0.15, 0.2) is 0 Å². The van der Waals surface area contributed by atoms with Crippen molar-refractivity contribution in [3.05, 3.63) is 13.8 Å². The van der Waals surface area contributed by atoms with Gasteiger partial charge in [-0.25, -0.2) is 0 Å². The Kier molecular flexibility index (Phi) is 2.94. The molecule has 0 rings (SSSR count). The molecule has 0 fully saturated rings. The average Bonchev–Trinajstić information content (AvgIpc) is 1.57. The van der Waals surface area contributed by atoms with Crippen LogP contribution in [0, 0.1) is 24.7 Å². The largest absolute Gasteiger partial charge is 0.0599 e. The van der Waals surface area contributed by atoms with Crippen LogP contribution < -0.4 is 0 Å². The Hall–Kier alpha value is 0. The first-order valence-electron chi connectivity index (χ1n) is 3.91. The molecular weight excluding hydrogens is 120 g/mol. The quantitative estimate of drug-likeness (QED) is 0.563. The van der Waals surface area contributed by atoms with Crippen molar-refractivity contribution in [3.63, 3.8) is 0 Å². The Morgan fingerprint density at radius 2 is 1.00 bits per heavy atom. The van der Waals surface area contributed by atoms with Gasteiger partial charge in [0.25, 0.3) is 0 Å². The van der Waals surface area contributed by atoms with E-state index in [1.807, 2.05) is 0 Å². The molecule has 0 aromatic rings. The zero-order chi connectivity index (χ0) is 8.41. The molecule has 0 nitrogen and oxygen atoms in total. The molecule has 0 aliphatic heterocycles. The molecule has 0 spiro atoms. The molecule has 0 heteroatoms. The molecule has 0 amide bonds. The smallest absolute Gasteiger partial charge is 0.0354 e. The highest BCUT2D eigenvalue weighted by Gasteiger charge is 2.16. The van der Waals surface area contributed by atoms with Crippen LogP contribution >= 0.6 is 0 Å². The van der Waals surface area contributed by atoms with E-state index in [0.717, 1.165) is 12.8 Å². The molecule has 0 bridgehead atoms. The van der Waals surface area contributed by atoms with Crippen molar-refractivity contribution in [2.75, 3.05) is 0 Å². The maximum absolute atomic E-state index is 4.05. The van der Waals surface area contributed by atoms with Crippen LogP contribution in [-0.4, -0.2) is 0 Å². The average molecular weight is 140 g/mol. The van der Waals surface area contributed by atoms with Gasteiger partial charge in [0.2, 0.25) is 0 Å². The first kappa shape index (κ1) is 10.0. The number of rotatable bonds is 3. The molecule has 0 aliphatic rings. The van der Waals surface area contributed by atoms with Crippen molar-refractivity contribution >= 4 is 0 Å². The minimum atomic E-state index is 0.217. The summed E-state index contributed by atoms with van der Waals surface area (Å²) < 4.78 is 0. The van der Waals surface area contributed by atoms with Crippen molar-refractivity contribution in [2.45, 2.75) is 40.5 Å². The van der Waals surface area contributed by atoms with Gasteiger partial charge in [-0.1, -0.05) is 27.7 Å². The Morgan fingerprint density at radius 3 is 1.10 bits per heavy atom. The van der Waals surface area contributed by atoms with Gasteiger partial charge in [-0.15, -0.1) is 0 Å². The molecule has 0 N–H and O–H groups in total. The number of hydrogen-bond acceptors (Lipinski definition) is 0. The molecule has 10 heavy (non-hydrogen) atoms. The van der Waals surface area contributed by atoms with Crippen molar-refractivity contribution in [3.8, 4) is 0 Å². The van der Waals surface area contributed by atoms with Gasteiger partial charge in [0.1, 0.15) is 0 Å². The second-order valence-corrected chi connectivity index (χ2v) is 4.83. The Morgan fingerprint density at radius 1 is 0.800 bits per heavy atom. The SMILES string of the molecule is [CH2]C(C)(C)CCC([CH2])(C)C. The maximum atomic E-state index is 4.05. The van der Waals surface area contributed by atoms with E-state index < -0.39 is 0 Å². The molecule has 0 saturated heterocycles. The molecule has 60 valence electrons. The van der Waals surface area contributed by atoms with Gasteiger partial charge in [0.15, 0.2) is 0 Å². The first-order chi connectivity index (χ1) is 4.21. The molecule has 2 radical (unpaired) electrons. The van der Waals surface area contributed by atoms with E-state index >= 15 is 0 Å². The first-order valence-corrected chi connectivity index (χ1v) is 3.91. The lowest BCUT2D eigenvalue weighted by molar-refractivity contribution is 0.325. The van der Waals surface area contributed by atoms with Crippen molar-refractivity contribution < 1.29 is 0 Å². The molecule has 0 atom stereocenters. The predicted molar refractivity (Wildman–Crippen MR) is 47.5 cm³/mol. The number of hydrogen-bond donors (Lipinski definition) is 0. The Labute approximate surface area is 66.0 Å². The van der Waals surface area contributed by atoms with Crippen LogP contribution in [0.5, 0.6) is 0 Å². The summed E-state index contributed by atoms with van der Waals surface area (Å²) in [5.74, 6) is 0. The zero-order valence-electron chi connectivity index (χ0n) is 7.83. The van der Waals surface area contributed by atoms with Gasteiger partial charge in [-0.05, 0) is 37.5 Å². The maximum Gasteiger partial charge on any atom is -0.0354 e. The minimum absolute atomic E-state index is 0.217. The fraction of sp³-hybridized carbons (Fsp3) is 0.800. The van der Waals surface area contributed by atoms with E-state index in [0.29, 0.717) is 0 Å². The summed E-state index contributed by atoms with van der Waals surface area (Å²) in [5.41, 5.74) is 0.434. The third-order valence-electron chi connectivity index (χ3n) is 1.48.